The largest absolute Gasteiger partial charge is 0.334 e. The average molecular weight is 787 g/mol. The minimum Gasteiger partial charge on any atom is -0.334 e. The average Bonchev–Trinajstić information content (AvgIpc) is 3.26. The predicted molar refractivity (Wildman–Crippen MR) is 238 cm³/mol. The van der Waals surface area contributed by atoms with Crippen LogP contribution in [-0.4, -0.2) is 109 Å². The number of ketones is 2. The number of piperidine rings is 3. The van der Waals surface area contributed by atoms with Gasteiger partial charge in [0.2, 0.25) is 11.8 Å². The highest BCUT2D eigenvalue weighted by molar-refractivity contribution is 6.16. The van der Waals surface area contributed by atoms with Crippen LogP contribution in [0.3, 0.4) is 0 Å². The maximum atomic E-state index is 13.9. The number of nitrogens with zero attached hydrogens (tertiary/aromatic N) is 4. The molecular formula is C51H54N4O4. The van der Waals surface area contributed by atoms with Crippen LogP contribution in [0, 0.1) is 0 Å². The van der Waals surface area contributed by atoms with Gasteiger partial charge in [-0.15, -0.1) is 0 Å². The van der Waals surface area contributed by atoms with E-state index in [2.05, 4.69) is 11.0 Å². The highest BCUT2D eigenvalue weighted by Gasteiger charge is 2.30. The summed E-state index contributed by atoms with van der Waals surface area (Å²) in [5.41, 5.74) is 7.95. The molecule has 8 heteroatoms. The molecule has 3 aliphatic heterocycles. The fourth-order valence-electron chi connectivity index (χ4n) is 7.99. The van der Waals surface area contributed by atoms with Gasteiger partial charge in [-0.05, 0) is 104 Å². The van der Waals surface area contributed by atoms with Gasteiger partial charge in [0.15, 0.2) is 11.6 Å². The minimum atomic E-state index is -0.0467. The van der Waals surface area contributed by atoms with Crippen LogP contribution in [-0.2, 0) is 19.2 Å². The second kappa shape index (κ2) is 19.7. The van der Waals surface area contributed by atoms with Crippen molar-refractivity contribution in [2.45, 2.75) is 32.1 Å². The van der Waals surface area contributed by atoms with Crippen molar-refractivity contribution in [3.8, 4) is 11.1 Å². The molecule has 0 N–H and O–H groups in total. The van der Waals surface area contributed by atoms with Gasteiger partial charge in [-0.2, -0.15) is 0 Å². The van der Waals surface area contributed by atoms with Crippen LogP contribution in [0.1, 0.15) is 54.4 Å². The molecule has 3 heterocycles. The summed E-state index contributed by atoms with van der Waals surface area (Å²) in [6, 6.07) is 35.7. The fraction of sp³-hybridized carbons (Fsp3) is 0.294. The zero-order chi connectivity index (χ0) is 41.1. The fourth-order valence-corrected chi connectivity index (χ4v) is 7.99. The number of hydrogen-bond donors (Lipinski definition) is 0. The Kier molecular flexibility index (Phi) is 13.7. The van der Waals surface area contributed by atoms with Crippen molar-refractivity contribution >= 4 is 47.7 Å². The van der Waals surface area contributed by atoms with E-state index in [9.17, 15) is 19.2 Å². The molecule has 0 saturated carbocycles. The Morgan fingerprint density at radius 2 is 0.983 bits per heavy atom. The maximum absolute atomic E-state index is 13.9. The topological polar surface area (TPSA) is 81.2 Å². The third-order valence-electron chi connectivity index (χ3n) is 11.3. The van der Waals surface area contributed by atoms with Crippen LogP contribution in [0.15, 0.2) is 131 Å². The zero-order valence-electron chi connectivity index (χ0n) is 34.3. The molecule has 0 aromatic heterocycles. The zero-order valence-corrected chi connectivity index (χ0v) is 34.3. The predicted octanol–water partition coefficient (Wildman–Crippen LogP) is 7.94. The number of carbonyl (C=O) groups is 4. The summed E-state index contributed by atoms with van der Waals surface area (Å²) in [6.07, 6.45) is 12.1. The lowest BCUT2D eigenvalue weighted by Gasteiger charge is -2.31. The lowest BCUT2D eigenvalue weighted by Crippen LogP contribution is -2.43. The second-order valence-corrected chi connectivity index (χ2v) is 16.1. The molecule has 3 aliphatic rings. The first-order valence-corrected chi connectivity index (χ1v) is 20.8. The highest BCUT2D eigenvalue weighted by Crippen LogP contribution is 2.28. The van der Waals surface area contributed by atoms with Gasteiger partial charge in [0.1, 0.15) is 0 Å². The molecule has 0 unspecified atom stereocenters. The summed E-state index contributed by atoms with van der Waals surface area (Å²) in [5.74, 6) is 0.0101. The second-order valence-electron chi connectivity index (χ2n) is 16.1. The summed E-state index contributed by atoms with van der Waals surface area (Å²) >= 11 is 0. The normalized spacial score (nSPS) is 19.4. The number of rotatable bonds is 11. The van der Waals surface area contributed by atoms with Crippen LogP contribution < -0.4 is 0 Å². The van der Waals surface area contributed by atoms with E-state index < -0.39 is 0 Å². The summed E-state index contributed by atoms with van der Waals surface area (Å²) in [4.78, 5) is 62.7. The van der Waals surface area contributed by atoms with Crippen LogP contribution >= 0.6 is 0 Å². The van der Waals surface area contributed by atoms with Gasteiger partial charge in [-0.1, -0.05) is 110 Å². The van der Waals surface area contributed by atoms with Crippen molar-refractivity contribution < 1.29 is 19.2 Å². The van der Waals surface area contributed by atoms with Crippen molar-refractivity contribution in [1.29, 1.82) is 0 Å². The molecule has 4 aromatic carbocycles. The Bertz CT molecular complexity index is 2270. The third-order valence-corrected chi connectivity index (χ3v) is 11.3. The molecule has 4 aromatic rings. The maximum Gasteiger partial charge on any atom is 0.224 e. The molecule has 59 heavy (non-hydrogen) atoms. The SMILES string of the molecule is CN(C)CCC(=O)N1C/C(=C\c2ccccc2)C(=O)/C(=C/c2cccc(-c3ccc(/C=C4\CN(C(=O)CCN5CCCCC5)C/C(=C\c5ccccc5)C4=O)cc3)c2)C1. The summed E-state index contributed by atoms with van der Waals surface area (Å²) in [5, 5.41) is 0. The van der Waals surface area contributed by atoms with Gasteiger partial charge in [-0.25, -0.2) is 0 Å². The molecule has 0 spiro atoms. The molecule has 2 amide bonds. The van der Waals surface area contributed by atoms with Gasteiger partial charge in [0.05, 0.1) is 0 Å². The number of hydrogen-bond acceptors (Lipinski definition) is 6. The van der Waals surface area contributed by atoms with Gasteiger partial charge in [0.25, 0.3) is 0 Å². The van der Waals surface area contributed by atoms with Crippen LogP contribution in [0.2, 0.25) is 0 Å². The van der Waals surface area contributed by atoms with Gasteiger partial charge >= 0.3 is 0 Å². The van der Waals surface area contributed by atoms with Crippen LogP contribution in [0.4, 0.5) is 0 Å². The number of benzene rings is 4. The van der Waals surface area contributed by atoms with Crippen molar-refractivity contribution in [1.82, 2.24) is 19.6 Å². The molecule has 3 saturated heterocycles. The number of carbonyl (C=O) groups excluding carboxylic acids is 4. The standard InChI is InChI=1S/C51H54N4O4/c1-52(2)27-23-48(56)54-34-45(30-39-15-8-4-9-16-39)51(59)47(37-54)33-41-17-12-18-43(32-41)42-21-19-40(20-22-42)31-46-36-55(49(57)24-28-53-25-10-5-11-26-53)35-44(50(46)58)29-38-13-6-3-7-14-38/h3-4,6-9,12-22,29-33H,5,10-11,23-28,34-37H2,1-2H3/b44-29+,45-30+,46-31+,47-33+. The Labute approximate surface area is 348 Å². The first kappa shape index (κ1) is 41.2. The van der Waals surface area contributed by atoms with E-state index in [1.54, 1.807) is 4.90 Å². The Hall–Kier alpha value is -5.96. The van der Waals surface area contributed by atoms with Crippen molar-refractivity contribution in [2.75, 3.05) is 66.5 Å². The van der Waals surface area contributed by atoms with Crippen molar-refractivity contribution in [2.24, 2.45) is 0 Å². The van der Waals surface area contributed by atoms with Gasteiger partial charge in [-0.3, -0.25) is 19.2 Å². The molecular weight excluding hydrogens is 733 g/mol. The van der Waals surface area contributed by atoms with Crippen molar-refractivity contribution in [3.63, 3.8) is 0 Å². The van der Waals surface area contributed by atoms with Gasteiger partial charge < -0.3 is 19.6 Å². The van der Waals surface area contributed by atoms with Crippen LogP contribution in [0.5, 0.6) is 0 Å². The monoisotopic (exact) mass is 786 g/mol. The summed E-state index contributed by atoms with van der Waals surface area (Å²) < 4.78 is 0. The van der Waals surface area contributed by atoms with E-state index in [0.29, 0.717) is 48.2 Å². The van der Waals surface area contributed by atoms with E-state index in [1.165, 1.54) is 19.3 Å². The smallest absolute Gasteiger partial charge is 0.224 e. The van der Waals surface area contributed by atoms with Crippen LogP contribution in [0.25, 0.3) is 35.4 Å². The number of Topliss-reactive ketones (excluding diaryl/α,β-unsaturated/α-hetero) is 2. The molecule has 0 atom stereocenters. The van der Waals surface area contributed by atoms with E-state index in [1.807, 2.05) is 151 Å². The summed E-state index contributed by atoms with van der Waals surface area (Å²) in [7, 11) is 3.90. The number of likely N-dealkylation sites (tertiary alicyclic amines) is 3. The van der Waals surface area contributed by atoms with E-state index in [0.717, 1.165) is 53.0 Å². The molecule has 302 valence electrons. The Balaban J connectivity index is 1.11. The lowest BCUT2D eigenvalue weighted by atomic mass is 9.93. The van der Waals surface area contributed by atoms with Crippen molar-refractivity contribution in [3.05, 3.63) is 154 Å². The minimum absolute atomic E-state index is 0.0189. The molecule has 7 rings (SSSR count). The quantitative estimate of drug-likeness (QED) is 0.144. The molecule has 0 aliphatic carbocycles. The van der Waals surface area contributed by atoms with E-state index >= 15 is 0 Å². The first-order chi connectivity index (χ1) is 28.7. The third kappa shape index (κ3) is 11.2. The Morgan fingerprint density at radius 1 is 0.525 bits per heavy atom. The Morgan fingerprint density at radius 3 is 1.49 bits per heavy atom. The highest BCUT2D eigenvalue weighted by atomic mass is 16.2. The summed E-state index contributed by atoms with van der Waals surface area (Å²) in [6.45, 7) is 4.59. The molecule has 8 nitrogen and oxygen atoms in total. The van der Waals surface area contributed by atoms with E-state index in [-0.39, 0.29) is 43.0 Å². The molecule has 0 bridgehead atoms. The first-order valence-electron chi connectivity index (χ1n) is 20.8. The lowest BCUT2D eigenvalue weighted by molar-refractivity contribution is -0.132. The number of amides is 2. The molecule has 0 radical (unpaired) electrons. The van der Waals surface area contributed by atoms with Gasteiger partial charge in [0, 0.05) is 74.4 Å². The molecule has 3 fully saturated rings. The van der Waals surface area contributed by atoms with E-state index in [4.69, 9.17) is 0 Å².